The van der Waals surface area contributed by atoms with E-state index in [1.54, 1.807) is 24.3 Å². The minimum atomic E-state index is -0.102. The van der Waals surface area contributed by atoms with Crippen molar-refractivity contribution in [3.05, 3.63) is 52.3 Å². The molecule has 1 aromatic heterocycles. The molecule has 0 aliphatic rings. The monoisotopic (exact) mass is 329 g/mol. The summed E-state index contributed by atoms with van der Waals surface area (Å²) in [6.07, 6.45) is 0. The van der Waals surface area contributed by atoms with Gasteiger partial charge in [-0.1, -0.05) is 5.92 Å². The molecule has 0 saturated carbocycles. The summed E-state index contributed by atoms with van der Waals surface area (Å²) in [6.45, 7) is 1.47. The van der Waals surface area contributed by atoms with Gasteiger partial charge in [0.25, 0.3) is 0 Å². The summed E-state index contributed by atoms with van der Waals surface area (Å²) in [5.41, 5.74) is 8.43. The van der Waals surface area contributed by atoms with Crippen LogP contribution in [0.1, 0.15) is 18.2 Å². The van der Waals surface area contributed by atoms with E-state index in [4.69, 9.17) is 5.73 Å². The molecule has 1 amide bonds. The van der Waals surface area contributed by atoms with Crippen molar-refractivity contribution in [2.75, 3.05) is 11.1 Å². The Balaban J connectivity index is 2.20. The number of halogens is 1. The molecule has 5 heteroatoms. The summed E-state index contributed by atoms with van der Waals surface area (Å²) in [4.78, 5) is 15.1. The summed E-state index contributed by atoms with van der Waals surface area (Å²) >= 11 is 3.28. The van der Waals surface area contributed by atoms with E-state index in [0.717, 1.165) is 11.3 Å². The first kappa shape index (κ1) is 14.1. The van der Waals surface area contributed by atoms with Crippen LogP contribution in [0.2, 0.25) is 0 Å². The Labute approximate surface area is 125 Å². The Bertz CT molecular complexity index is 699. The fraction of sp³-hybridized carbons (Fsp3) is 0.0667. The minimum absolute atomic E-state index is 0.102. The Morgan fingerprint density at radius 1 is 1.20 bits per heavy atom. The average molecular weight is 330 g/mol. The lowest BCUT2D eigenvalue weighted by Crippen LogP contribution is -2.05. The zero-order valence-corrected chi connectivity index (χ0v) is 12.4. The van der Waals surface area contributed by atoms with Crippen molar-refractivity contribution in [1.82, 2.24) is 4.98 Å². The topological polar surface area (TPSA) is 68.0 Å². The molecule has 1 heterocycles. The van der Waals surface area contributed by atoms with Crippen LogP contribution in [0.4, 0.5) is 11.4 Å². The maximum absolute atomic E-state index is 10.9. The molecule has 4 nitrogen and oxygen atoms in total. The number of amides is 1. The second-order valence-electron chi connectivity index (χ2n) is 4.08. The van der Waals surface area contributed by atoms with Crippen LogP contribution in [0.25, 0.3) is 0 Å². The van der Waals surface area contributed by atoms with E-state index < -0.39 is 0 Å². The third kappa shape index (κ3) is 3.84. The summed E-state index contributed by atoms with van der Waals surface area (Å²) in [5, 5.41) is 2.70. The van der Waals surface area contributed by atoms with E-state index in [1.165, 1.54) is 6.92 Å². The minimum Gasteiger partial charge on any atom is -0.396 e. The lowest BCUT2D eigenvalue weighted by Gasteiger charge is -2.00. The number of nitrogens with zero attached hydrogens (tertiary/aromatic N) is 1. The number of aromatic nitrogens is 1. The third-order valence-electron chi connectivity index (χ3n) is 2.42. The van der Waals surface area contributed by atoms with Crippen molar-refractivity contribution in [1.29, 1.82) is 0 Å². The van der Waals surface area contributed by atoms with Gasteiger partial charge < -0.3 is 11.1 Å². The number of nitrogen functional groups attached to an aromatic ring is 1. The highest BCUT2D eigenvalue weighted by Gasteiger charge is 1.98. The maximum atomic E-state index is 10.9. The number of carbonyl (C=O) groups excluding carboxylic acids is 1. The first-order valence-corrected chi connectivity index (χ1v) is 6.65. The Morgan fingerprint density at radius 3 is 2.55 bits per heavy atom. The van der Waals surface area contributed by atoms with Gasteiger partial charge in [-0.3, -0.25) is 4.79 Å². The van der Waals surface area contributed by atoms with Crippen molar-refractivity contribution in [3.63, 3.8) is 0 Å². The molecule has 0 bridgehead atoms. The second-order valence-corrected chi connectivity index (χ2v) is 4.89. The molecular weight excluding hydrogens is 318 g/mol. The number of pyridine rings is 1. The number of hydrogen-bond acceptors (Lipinski definition) is 3. The van der Waals surface area contributed by atoms with Gasteiger partial charge >= 0.3 is 0 Å². The van der Waals surface area contributed by atoms with Crippen LogP contribution in [0.15, 0.2) is 41.0 Å². The third-order valence-corrected chi connectivity index (χ3v) is 2.86. The average Bonchev–Trinajstić information content (AvgIpc) is 2.41. The van der Waals surface area contributed by atoms with Crippen LogP contribution in [0.5, 0.6) is 0 Å². The summed E-state index contributed by atoms with van der Waals surface area (Å²) in [7, 11) is 0. The fourth-order valence-electron chi connectivity index (χ4n) is 1.52. The van der Waals surface area contributed by atoms with Gasteiger partial charge in [0.1, 0.15) is 10.3 Å². The van der Waals surface area contributed by atoms with Gasteiger partial charge in [0.15, 0.2) is 0 Å². The molecule has 0 saturated heterocycles. The molecule has 3 N–H and O–H groups in total. The molecule has 0 unspecified atom stereocenters. The number of rotatable bonds is 1. The van der Waals surface area contributed by atoms with Gasteiger partial charge in [-0.2, -0.15) is 0 Å². The number of hydrogen-bond donors (Lipinski definition) is 2. The van der Waals surface area contributed by atoms with E-state index in [0.29, 0.717) is 16.0 Å². The van der Waals surface area contributed by atoms with Crippen molar-refractivity contribution in [2.45, 2.75) is 6.92 Å². The lowest BCUT2D eigenvalue weighted by molar-refractivity contribution is -0.114. The van der Waals surface area contributed by atoms with Gasteiger partial charge in [0.05, 0.1) is 5.69 Å². The van der Waals surface area contributed by atoms with Gasteiger partial charge in [-0.15, -0.1) is 0 Å². The number of carbonyl (C=O) groups is 1. The predicted molar refractivity (Wildman–Crippen MR) is 83.1 cm³/mol. The fourth-order valence-corrected chi connectivity index (χ4v) is 1.83. The quantitative estimate of drug-likeness (QED) is 0.624. The number of nitrogens with one attached hydrogen (secondary N) is 1. The van der Waals surface area contributed by atoms with E-state index >= 15 is 0 Å². The van der Waals surface area contributed by atoms with E-state index in [2.05, 4.69) is 38.1 Å². The van der Waals surface area contributed by atoms with E-state index in [9.17, 15) is 4.79 Å². The van der Waals surface area contributed by atoms with Crippen LogP contribution < -0.4 is 11.1 Å². The lowest BCUT2D eigenvalue weighted by atomic mass is 10.2. The zero-order valence-electron chi connectivity index (χ0n) is 10.8. The number of benzene rings is 1. The normalized spacial score (nSPS) is 9.50. The molecule has 2 rings (SSSR count). The molecular formula is C15H12BrN3O. The first-order valence-electron chi connectivity index (χ1n) is 5.86. The predicted octanol–water partition coefficient (Wildman–Crippen LogP) is 2.78. The van der Waals surface area contributed by atoms with Crippen LogP contribution in [0, 0.1) is 11.8 Å². The molecule has 2 aromatic rings. The highest BCUT2D eigenvalue weighted by Crippen LogP contribution is 2.13. The van der Waals surface area contributed by atoms with E-state index in [-0.39, 0.29) is 5.91 Å². The summed E-state index contributed by atoms with van der Waals surface area (Å²) in [5.74, 6) is 5.81. The molecule has 0 fully saturated rings. The van der Waals surface area contributed by atoms with Gasteiger partial charge in [-0.25, -0.2) is 4.98 Å². The highest BCUT2D eigenvalue weighted by atomic mass is 79.9. The first-order chi connectivity index (χ1) is 9.54. The Kier molecular flexibility index (Phi) is 4.38. The largest absolute Gasteiger partial charge is 0.396 e. The van der Waals surface area contributed by atoms with Crippen molar-refractivity contribution in [3.8, 4) is 11.8 Å². The molecule has 0 radical (unpaired) electrons. The molecule has 1 aromatic carbocycles. The van der Waals surface area contributed by atoms with Crippen molar-refractivity contribution < 1.29 is 4.79 Å². The van der Waals surface area contributed by atoms with Crippen molar-refractivity contribution in [2.24, 2.45) is 0 Å². The van der Waals surface area contributed by atoms with Crippen LogP contribution in [0.3, 0.4) is 0 Å². The Hall–Kier alpha value is -2.32. The zero-order chi connectivity index (χ0) is 14.5. The van der Waals surface area contributed by atoms with Gasteiger partial charge in [-0.05, 0) is 58.2 Å². The molecule has 0 spiro atoms. The second kappa shape index (κ2) is 6.22. The number of nitrogens with two attached hydrogens (primary N) is 1. The SMILES string of the molecule is CC(=O)Nc1ccc(C#Cc2nc(Br)ccc2N)cc1. The van der Waals surface area contributed by atoms with Crippen LogP contribution >= 0.6 is 15.9 Å². The standard InChI is InChI=1S/C15H12BrN3O/c1-10(20)18-12-5-2-11(3-6-12)4-8-14-13(17)7-9-15(16)19-14/h2-3,5-7,9H,17H2,1H3,(H,18,20). The molecule has 100 valence electrons. The maximum Gasteiger partial charge on any atom is 0.221 e. The van der Waals surface area contributed by atoms with Gasteiger partial charge in [0, 0.05) is 18.2 Å². The van der Waals surface area contributed by atoms with E-state index in [1.807, 2.05) is 12.1 Å². The number of anilines is 2. The summed E-state index contributed by atoms with van der Waals surface area (Å²) in [6, 6.07) is 10.8. The molecule has 0 aliphatic heterocycles. The highest BCUT2D eigenvalue weighted by molar-refractivity contribution is 9.10. The smallest absolute Gasteiger partial charge is 0.221 e. The van der Waals surface area contributed by atoms with Crippen LogP contribution in [-0.4, -0.2) is 10.9 Å². The summed E-state index contributed by atoms with van der Waals surface area (Å²) < 4.78 is 0.692. The molecule has 0 aliphatic carbocycles. The molecule has 20 heavy (non-hydrogen) atoms. The van der Waals surface area contributed by atoms with Crippen LogP contribution in [-0.2, 0) is 4.79 Å². The Morgan fingerprint density at radius 2 is 1.90 bits per heavy atom. The van der Waals surface area contributed by atoms with Gasteiger partial charge in [0.2, 0.25) is 5.91 Å². The molecule has 0 atom stereocenters. The van der Waals surface area contributed by atoms with Crippen molar-refractivity contribution >= 4 is 33.2 Å².